The molecule has 2 rings (SSSR count). The van der Waals surface area contributed by atoms with Gasteiger partial charge in [0.05, 0.1) is 18.8 Å². The van der Waals surface area contributed by atoms with Gasteiger partial charge in [-0.1, -0.05) is 41.9 Å². The fourth-order valence-corrected chi connectivity index (χ4v) is 4.44. The van der Waals surface area contributed by atoms with Crippen LogP contribution in [0.15, 0.2) is 48.5 Å². The van der Waals surface area contributed by atoms with Gasteiger partial charge in [0.2, 0.25) is 0 Å². The zero-order valence-electron chi connectivity index (χ0n) is 15.4. The molecule has 6 nitrogen and oxygen atoms in total. The number of hydrogen-bond acceptors (Lipinski definition) is 5. The molecule has 0 spiro atoms. The first kappa shape index (κ1) is 21.5. The lowest BCUT2D eigenvalue weighted by molar-refractivity contribution is 0.0752. The van der Waals surface area contributed by atoms with Crippen molar-refractivity contribution in [3.63, 3.8) is 0 Å². The molecule has 0 saturated carbocycles. The minimum Gasteiger partial charge on any atom is -0.398 e. The largest absolute Gasteiger partial charge is 0.398 e. The molecule has 8 heteroatoms. The van der Waals surface area contributed by atoms with Crippen LogP contribution in [0.25, 0.3) is 0 Å². The van der Waals surface area contributed by atoms with Gasteiger partial charge in [0.15, 0.2) is 0 Å². The lowest BCUT2D eigenvalue weighted by Crippen LogP contribution is -2.32. The first-order chi connectivity index (χ1) is 12.9. The van der Waals surface area contributed by atoms with E-state index in [0.717, 1.165) is 5.56 Å². The summed E-state index contributed by atoms with van der Waals surface area (Å²) in [5.41, 5.74) is 7.39. The molecule has 146 valence electrons. The molecule has 0 bridgehead atoms. The SMILES string of the molecule is CCOP(=O)(CN(Cc1ccccc1)C(=O)c1cc(Cl)ccc1N)OCC. The maximum atomic E-state index is 13.2. The van der Waals surface area contributed by atoms with Gasteiger partial charge in [-0.3, -0.25) is 9.36 Å². The molecule has 0 radical (unpaired) electrons. The highest BCUT2D eigenvalue weighted by Gasteiger charge is 2.31. The quantitative estimate of drug-likeness (QED) is 0.475. The smallest absolute Gasteiger partial charge is 0.349 e. The van der Waals surface area contributed by atoms with Crippen LogP contribution in [-0.2, 0) is 20.2 Å². The summed E-state index contributed by atoms with van der Waals surface area (Å²) in [7, 11) is -3.48. The normalized spacial score (nSPS) is 11.4. The van der Waals surface area contributed by atoms with Crippen LogP contribution in [0.5, 0.6) is 0 Å². The molecular weight excluding hydrogens is 387 g/mol. The van der Waals surface area contributed by atoms with E-state index in [9.17, 15) is 9.36 Å². The van der Waals surface area contributed by atoms with Crippen molar-refractivity contribution in [2.75, 3.05) is 25.2 Å². The maximum absolute atomic E-state index is 13.2. The number of carbonyl (C=O) groups excluding carboxylic acids is 1. The van der Waals surface area contributed by atoms with E-state index in [0.29, 0.717) is 10.7 Å². The number of nitrogens with two attached hydrogens (primary N) is 1. The lowest BCUT2D eigenvalue weighted by atomic mass is 10.1. The number of hydrogen-bond donors (Lipinski definition) is 1. The van der Waals surface area contributed by atoms with E-state index >= 15 is 0 Å². The predicted molar refractivity (Wildman–Crippen MR) is 108 cm³/mol. The van der Waals surface area contributed by atoms with Crippen LogP contribution in [0, 0.1) is 0 Å². The van der Waals surface area contributed by atoms with Crippen LogP contribution < -0.4 is 5.73 Å². The molecule has 0 aromatic heterocycles. The van der Waals surface area contributed by atoms with Crippen molar-refractivity contribution in [3.05, 3.63) is 64.7 Å². The highest BCUT2D eigenvalue weighted by Crippen LogP contribution is 2.49. The number of carbonyl (C=O) groups is 1. The van der Waals surface area contributed by atoms with Crippen molar-refractivity contribution in [2.24, 2.45) is 0 Å². The predicted octanol–water partition coefficient (Wildman–Crippen LogP) is 4.79. The fraction of sp³-hybridized carbons (Fsp3) is 0.316. The number of benzene rings is 2. The van der Waals surface area contributed by atoms with Gasteiger partial charge in [-0.25, -0.2) is 0 Å². The Morgan fingerprint density at radius 3 is 2.33 bits per heavy atom. The van der Waals surface area contributed by atoms with Crippen molar-refractivity contribution in [1.82, 2.24) is 4.90 Å². The van der Waals surface area contributed by atoms with E-state index in [-0.39, 0.29) is 31.6 Å². The standard InChI is InChI=1S/C19H24ClN2O4P/c1-3-25-27(24,26-4-2)14-22(13-15-8-6-5-7-9-15)19(23)17-12-16(20)10-11-18(17)21/h5-12H,3-4,13-14,21H2,1-2H3. The second-order valence-electron chi connectivity index (χ2n) is 5.81. The highest BCUT2D eigenvalue weighted by molar-refractivity contribution is 7.53. The Labute approximate surface area is 164 Å². The van der Waals surface area contributed by atoms with Gasteiger partial charge in [0, 0.05) is 17.3 Å². The Morgan fingerprint density at radius 1 is 1.11 bits per heavy atom. The maximum Gasteiger partial charge on any atom is 0.349 e. The van der Waals surface area contributed by atoms with Crippen molar-refractivity contribution < 1.29 is 18.4 Å². The zero-order chi connectivity index (χ0) is 19.9. The van der Waals surface area contributed by atoms with E-state index < -0.39 is 13.5 Å². The molecule has 2 N–H and O–H groups in total. The minimum atomic E-state index is -3.48. The summed E-state index contributed by atoms with van der Waals surface area (Å²) in [5.74, 6) is -0.390. The second kappa shape index (κ2) is 9.90. The Balaban J connectivity index is 2.37. The average molecular weight is 411 g/mol. The number of nitrogens with zero attached hydrogens (tertiary/aromatic N) is 1. The Hall–Kier alpha value is -1.85. The second-order valence-corrected chi connectivity index (χ2v) is 8.27. The molecule has 27 heavy (non-hydrogen) atoms. The monoisotopic (exact) mass is 410 g/mol. The van der Waals surface area contributed by atoms with Gasteiger partial charge < -0.3 is 19.7 Å². The van der Waals surface area contributed by atoms with E-state index in [2.05, 4.69) is 0 Å². The molecule has 0 saturated heterocycles. The third kappa shape index (κ3) is 6.08. The van der Waals surface area contributed by atoms with E-state index in [4.69, 9.17) is 26.4 Å². The number of amides is 1. The van der Waals surface area contributed by atoms with Crippen LogP contribution >= 0.6 is 19.2 Å². The molecule has 0 unspecified atom stereocenters. The van der Waals surface area contributed by atoms with Crippen LogP contribution in [0.1, 0.15) is 29.8 Å². The summed E-state index contributed by atoms with van der Waals surface area (Å²) in [4.78, 5) is 14.6. The molecule has 0 aliphatic carbocycles. The number of halogens is 1. The van der Waals surface area contributed by atoms with Crippen LogP contribution in [0.4, 0.5) is 5.69 Å². The van der Waals surface area contributed by atoms with E-state index in [1.54, 1.807) is 26.0 Å². The molecule has 0 aliphatic rings. The zero-order valence-corrected chi connectivity index (χ0v) is 17.1. The van der Waals surface area contributed by atoms with E-state index in [1.807, 2.05) is 30.3 Å². The summed E-state index contributed by atoms with van der Waals surface area (Å²) in [6, 6.07) is 14.1. The van der Waals surface area contributed by atoms with Gasteiger partial charge in [-0.15, -0.1) is 0 Å². The topological polar surface area (TPSA) is 81.9 Å². The summed E-state index contributed by atoms with van der Waals surface area (Å²) in [6.07, 6.45) is -0.186. The molecule has 0 atom stereocenters. The molecule has 1 amide bonds. The van der Waals surface area contributed by atoms with Gasteiger partial charge in [0.25, 0.3) is 5.91 Å². The number of rotatable bonds is 9. The number of anilines is 1. The van der Waals surface area contributed by atoms with Crippen molar-refractivity contribution in [2.45, 2.75) is 20.4 Å². The van der Waals surface area contributed by atoms with Crippen LogP contribution in [0.3, 0.4) is 0 Å². The Morgan fingerprint density at radius 2 is 1.74 bits per heavy atom. The third-order valence-corrected chi connectivity index (χ3v) is 5.97. The van der Waals surface area contributed by atoms with Crippen molar-refractivity contribution >= 4 is 30.8 Å². The summed E-state index contributed by atoms with van der Waals surface area (Å²) in [6.45, 7) is 4.11. The Kier molecular flexibility index (Phi) is 7.87. The van der Waals surface area contributed by atoms with E-state index in [1.165, 1.54) is 11.0 Å². The third-order valence-electron chi connectivity index (χ3n) is 3.74. The minimum absolute atomic E-state index is 0.186. The fourth-order valence-electron chi connectivity index (χ4n) is 2.60. The Bertz CT molecular complexity index is 807. The van der Waals surface area contributed by atoms with Gasteiger partial charge in [-0.2, -0.15) is 0 Å². The molecule has 0 fully saturated rings. The molecule has 0 heterocycles. The average Bonchev–Trinajstić information content (AvgIpc) is 2.64. The lowest BCUT2D eigenvalue weighted by Gasteiger charge is -2.27. The van der Waals surface area contributed by atoms with Crippen molar-refractivity contribution in [1.29, 1.82) is 0 Å². The summed E-state index contributed by atoms with van der Waals surface area (Å²) < 4.78 is 23.7. The summed E-state index contributed by atoms with van der Waals surface area (Å²) >= 11 is 6.03. The van der Waals surface area contributed by atoms with Gasteiger partial charge in [0.1, 0.15) is 6.29 Å². The highest BCUT2D eigenvalue weighted by atomic mass is 35.5. The van der Waals surface area contributed by atoms with Crippen LogP contribution in [0.2, 0.25) is 5.02 Å². The number of nitrogen functional groups attached to an aromatic ring is 1. The first-order valence-corrected chi connectivity index (χ1v) is 10.8. The van der Waals surface area contributed by atoms with Crippen molar-refractivity contribution in [3.8, 4) is 0 Å². The molecule has 2 aromatic carbocycles. The van der Waals surface area contributed by atoms with Gasteiger partial charge in [-0.05, 0) is 37.6 Å². The van der Waals surface area contributed by atoms with Gasteiger partial charge >= 0.3 is 7.60 Å². The first-order valence-electron chi connectivity index (χ1n) is 8.65. The summed E-state index contributed by atoms with van der Waals surface area (Å²) in [5, 5.41) is 0.394. The molecule has 2 aromatic rings. The molecule has 0 aliphatic heterocycles. The molecular formula is C19H24ClN2O4P. The van der Waals surface area contributed by atoms with Crippen LogP contribution in [-0.4, -0.2) is 30.3 Å².